The number of rotatable bonds is 0. The van der Waals surface area contributed by atoms with Crippen molar-refractivity contribution in [1.82, 2.24) is 17.5 Å². The van der Waals surface area contributed by atoms with Crippen LogP contribution in [0.5, 0.6) is 0 Å². The number of nitrogens with zero attached hydrogens (tertiary/aromatic N) is 4. The fourth-order valence-electron chi connectivity index (χ4n) is 2.01. The Hall–Kier alpha value is -1.80. The van der Waals surface area contributed by atoms with E-state index >= 15 is 0 Å². The van der Waals surface area contributed by atoms with E-state index in [1.54, 1.807) is 0 Å². The van der Waals surface area contributed by atoms with E-state index in [1.165, 1.54) is 12.1 Å². The Morgan fingerprint density at radius 2 is 1.17 bits per heavy atom. The Morgan fingerprint density at radius 3 is 1.61 bits per heavy atom. The summed E-state index contributed by atoms with van der Waals surface area (Å²) in [6.07, 6.45) is 0. The molecule has 0 fully saturated rings. The Bertz CT molecular complexity index is 839. The van der Waals surface area contributed by atoms with Gasteiger partial charge in [-0.15, -0.1) is 0 Å². The van der Waals surface area contributed by atoms with E-state index in [4.69, 9.17) is 0 Å². The molecule has 0 amide bonds. The van der Waals surface area contributed by atoms with E-state index in [-0.39, 0.29) is 10.8 Å². The maximum atomic E-state index is 14.1. The zero-order valence-corrected chi connectivity index (χ0v) is 10.1. The molecule has 0 N–H and O–H groups in total. The Kier molecular flexibility index (Phi) is 1.90. The number of benzene rings is 2. The van der Waals surface area contributed by atoms with Gasteiger partial charge in [-0.3, -0.25) is 0 Å². The third-order valence-corrected chi connectivity index (χ3v) is 3.84. The first-order valence-corrected chi connectivity index (χ1v) is 6.37. The summed E-state index contributed by atoms with van der Waals surface area (Å²) in [6.45, 7) is 0. The van der Waals surface area contributed by atoms with Crippen LogP contribution in [-0.2, 0) is 0 Å². The molecule has 0 aliphatic rings. The molecule has 8 heteroatoms. The standard InChI is InChI=1S/C10H2F2N4S2/c11-3-1-5-9(15-17-13-5)8-4(12)2-6-10(7(3)8)16-18-14-6/h1-2H. The van der Waals surface area contributed by atoms with E-state index in [1.807, 2.05) is 0 Å². The molecule has 4 nitrogen and oxygen atoms in total. The van der Waals surface area contributed by atoms with Crippen LogP contribution in [0.3, 0.4) is 0 Å². The first-order valence-electron chi connectivity index (χ1n) is 4.91. The highest BCUT2D eigenvalue weighted by Crippen LogP contribution is 2.33. The predicted molar refractivity (Wildman–Crippen MR) is 65.8 cm³/mol. The fraction of sp³-hybridized carbons (Fsp3) is 0. The van der Waals surface area contributed by atoms with Gasteiger partial charge in [-0.05, 0) is 0 Å². The highest BCUT2D eigenvalue weighted by atomic mass is 32.1. The molecule has 4 aromatic rings. The molecule has 4 rings (SSSR count). The molecule has 0 aliphatic carbocycles. The second-order valence-electron chi connectivity index (χ2n) is 3.73. The highest BCUT2D eigenvalue weighted by molar-refractivity contribution is 7.00. The Labute approximate surface area is 107 Å². The summed E-state index contributed by atoms with van der Waals surface area (Å²) in [5.74, 6) is -1.11. The van der Waals surface area contributed by atoms with Crippen LogP contribution < -0.4 is 0 Å². The summed E-state index contributed by atoms with van der Waals surface area (Å²) in [4.78, 5) is 0. The van der Waals surface area contributed by atoms with Gasteiger partial charge >= 0.3 is 0 Å². The van der Waals surface area contributed by atoms with Gasteiger partial charge in [0.1, 0.15) is 33.7 Å². The summed E-state index contributed by atoms with van der Waals surface area (Å²) in [5.41, 5.74) is 1.44. The molecular weight excluding hydrogens is 278 g/mol. The molecule has 18 heavy (non-hydrogen) atoms. The number of hydrogen-bond donors (Lipinski definition) is 0. The fourth-order valence-corrected chi connectivity index (χ4v) is 3.08. The van der Waals surface area contributed by atoms with Crippen LogP contribution >= 0.6 is 23.5 Å². The van der Waals surface area contributed by atoms with Crippen molar-refractivity contribution in [3.8, 4) is 0 Å². The summed E-state index contributed by atoms with van der Waals surface area (Å²) in [6, 6.07) is 2.50. The van der Waals surface area contributed by atoms with Crippen molar-refractivity contribution in [2.45, 2.75) is 0 Å². The zero-order valence-electron chi connectivity index (χ0n) is 8.52. The quantitative estimate of drug-likeness (QED) is 0.496. The number of hydrogen-bond acceptors (Lipinski definition) is 6. The summed E-state index contributed by atoms with van der Waals surface area (Å²) in [7, 11) is 0. The van der Waals surface area contributed by atoms with Gasteiger partial charge in [0, 0.05) is 12.1 Å². The first-order chi connectivity index (χ1) is 8.75. The molecule has 0 unspecified atom stereocenters. The molecule has 0 aliphatic heterocycles. The summed E-state index contributed by atoms with van der Waals surface area (Å²) >= 11 is 1.85. The lowest BCUT2D eigenvalue weighted by atomic mass is 10.1. The van der Waals surface area contributed by atoms with Gasteiger partial charge in [-0.1, -0.05) is 0 Å². The number of fused-ring (bicyclic) bond motifs is 5. The largest absolute Gasteiger partial charge is 0.206 e. The smallest absolute Gasteiger partial charge is 0.135 e. The molecule has 2 aromatic heterocycles. The second kappa shape index (κ2) is 3.36. The second-order valence-corrected chi connectivity index (χ2v) is 4.79. The zero-order chi connectivity index (χ0) is 12.3. The first kappa shape index (κ1) is 10.2. The summed E-state index contributed by atoms with van der Waals surface area (Å²) in [5, 5.41) is 0.248. The topological polar surface area (TPSA) is 51.6 Å². The lowest BCUT2D eigenvalue weighted by Crippen LogP contribution is -1.89. The molecule has 88 valence electrons. The van der Waals surface area contributed by atoms with Crippen LogP contribution in [0.2, 0.25) is 0 Å². The van der Waals surface area contributed by atoms with E-state index in [9.17, 15) is 8.78 Å². The van der Waals surface area contributed by atoms with Gasteiger partial charge in [0.15, 0.2) is 0 Å². The van der Waals surface area contributed by atoms with Crippen molar-refractivity contribution in [3.63, 3.8) is 0 Å². The van der Waals surface area contributed by atoms with Crippen LogP contribution in [0.1, 0.15) is 0 Å². The molecule has 0 saturated carbocycles. The molecule has 0 atom stereocenters. The van der Waals surface area contributed by atoms with Crippen LogP contribution in [0.15, 0.2) is 12.1 Å². The average Bonchev–Trinajstić information content (AvgIpc) is 2.95. The van der Waals surface area contributed by atoms with Gasteiger partial charge in [-0.2, -0.15) is 17.5 Å². The summed E-state index contributed by atoms with van der Waals surface area (Å²) < 4.78 is 44.1. The number of halogens is 2. The van der Waals surface area contributed by atoms with Crippen LogP contribution in [0, 0.1) is 11.6 Å². The Balaban J connectivity index is 2.45. The van der Waals surface area contributed by atoms with Gasteiger partial charge in [0.2, 0.25) is 0 Å². The molecule has 0 bridgehead atoms. The average molecular weight is 280 g/mol. The van der Waals surface area contributed by atoms with Crippen LogP contribution in [-0.4, -0.2) is 17.5 Å². The lowest BCUT2D eigenvalue weighted by molar-refractivity contribution is 0.632. The van der Waals surface area contributed by atoms with Crippen molar-refractivity contribution in [1.29, 1.82) is 0 Å². The monoisotopic (exact) mass is 280 g/mol. The van der Waals surface area contributed by atoms with Crippen LogP contribution in [0.25, 0.3) is 32.8 Å². The minimum Gasteiger partial charge on any atom is -0.206 e. The normalized spacial score (nSPS) is 11.9. The maximum absolute atomic E-state index is 14.1. The highest BCUT2D eigenvalue weighted by Gasteiger charge is 2.18. The lowest BCUT2D eigenvalue weighted by Gasteiger charge is -2.02. The molecule has 2 aromatic carbocycles. The molecule has 2 heterocycles. The third kappa shape index (κ3) is 1.16. The molecule has 0 spiro atoms. The predicted octanol–water partition coefficient (Wildman–Crippen LogP) is 3.13. The molecule has 0 radical (unpaired) electrons. The molecular formula is C10H2F2N4S2. The minimum atomic E-state index is -0.553. The molecule has 0 saturated heterocycles. The van der Waals surface area contributed by atoms with Crippen molar-refractivity contribution in [2.75, 3.05) is 0 Å². The van der Waals surface area contributed by atoms with Gasteiger partial charge in [0.05, 0.1) is 34.2 Å². The van der Waals surface area contributed by atoms with E-state index in [0.717, 1.165) is 23.5 Å². The van der Waals surface area contributed by atoms with Crippen LogP contribution in [0.4, 0.5) is 8.78 Å². The maximum Gasteiger partial charge on any atom is 0.135 e. The van der Waals surface area contributed by atoms with Crippen molar-refractivity contribution in [2.24, 2.45) is 0 Å². The Morgan fingerprint density at radius 1 is 0.722 bits per heavy atom. The van der Waals surface area contributed by atoms with E-state index in [0.29, 0.717) is 22.1 Å². The SMILES string of the molecule is Fc1cc2nsnc2c2c(F)cc3nsnc3c12. The third-order valence-electron chi connectivity index (χ3n) is 2.76. The van der Waals surface area contributed by atoms with Gasteiger partial charge in [0.25, 0.3) is 0 Å². The number of aromatic nitrogens is 4. The van der Waals surface area contributed by atoms with Crippen molar-refractivity contribution >= 4 is 56.3 Å². The van der Waals surface area contributed by atoms with E-state index < -0.39 is 11.6 Å². The van der Waals surface area contributed by atoms with Gasteiger partial charge < -0.3 is 0 Å². The van der Waals surface area contributed by atoms with Crippen molar-refractivity contribution < 1.29 is 8.78 Å². The van der Waals surface area contributed by atoms with Gasteiger partial charge in [-0.25, -0.2) is 8.78 Å². The van der Waals surface area contributed by atoms with Crippen molar-refractivity contribution in [3.05, 3.63) is 23.8 Å². The minimum absolute atomic E-state index is 0.124. The van der Waals surface area contributed by atoms with E-state index in [2.05, 4.69) is 17.5 Å².